The lowest BCUT2D eigenvalue weighted by atomic mass is 10.0. The molecule has 2 aromatic rings. The molecule has 1 heterocycles. The highest BCUT2D eigenvalue weighted by Crippen LogP contribution is 2.30. The molecule has 0 aromatic heterocycles. The van der Waals surface area contributed by atoms with Crippen molar-refractivity contribution in [1.82, 2.24) is 4.90 Å². The standard InChI is InChI=1S/C23H27F4NO2/c24-17-7-15(8-18(25)11-17)1-3-21-5-6-22(28(21)13-23(30)14-29)4-2-16-9-19(26)12-20(27)10-16/h7-12,21-23,29-30H,1-6,13-14H2/t21?,22?,23-/m1/s1. The van der Waals surface area contributed by atoms with E-state index in [0.29, 0.717) is 36.8 Å². The Labute approximate surface area is 174 Å². The Morgan fingerprint density at radius 2 is 1.17 bits per heavy atom. The topological polar surface area (TPSA) is 43.7 Å². The summed E-state index contributed by atoms with van der Waals surface area (Å²) in [5.41, 5.74) is 1.16. The summed E-state index contributed by atoms with van der Waals surface area (Å²) >= 11 is 0. The summed E-state index contributed by atoms with van der Waals surface area (Å²) in [6.45, 7) is -0.0823. The number of hydrogen-bond acceptors (Lipinski definition) is 3. The Bertz CT molecular complexity index is 744. The maximum atomic E-state index is 13.4. The van der Waals surface area contributed by atoms with E-state index in [1.165, 1.54) is 24.3 Å². The molecule has 164 valence electrons. The van der Waals surface area contributed by atoms with E-state index in [9.17, 15) is 27.8 Å². The molecule has 3 atom stereocenters. The molecule has 30 heavy (non-hydrogen) atoms. The smallest absolute Gasteiger partial charge is 0.126 e. The van der Waals surface area contributed by atoms with Crippen LogP contribution in [0.2, 0.25) is 0 Å². The second-order valence-corrected chi connectivity index (χ2v) is 8.05. The highest BCUT2D eigenvalue weighted by Gasteiger charge is 2.33. The minimum absolute atomic E-state index is 0.0896. The lowest BCUT2D eigenvalue weighted by Gasteiger charge is -2.32. The minimum Gasteiger partial charge on any atom is -0.394 e. The Morgan fingerprint density at radius 1 is 0.767 bits per heavy atom. The van der Waals surface area contributed by atoms with E-state index in [1.54, 1.807) is 0 Å². The molecule has 1 saturated heterocycles. The van der Waals surface area contributed by atoms with Crippen molar-refractivity contribution in [3.63, 3.8) is 0 Å². The molecule has 0 bridgehead atoms. The van der Waals surface area contributed by atoms with E-state index in [1.807, 2.05) is 0 Å². The Hall–Kier alpha value is -1.96. The number of halogens is 4. The number of aliphatic hydroxyl groups is 2. The summed E-state index contributed by atoms with van der Waals surface area (Å²) in [4.78, 5) is 2.12. The average molecular weight is 425 g/mol. The Balaban J connectivity index is 1.64. The maximum Gasteiger partial charge on any atom is 0.126 e. The van der Waals surface area contributed by atoms with Gasteiger partial charge >= 0.3 is 0 Å². The number of likely N-dealkylation sites (tertiary alicyclic amines) is 1. The van der Waals surface area contributed by atoms with Crippen molar-refractivity contribution in [2.24, 2.45) is 0 Å². The molecule has 3 rings (SSSR count). The highest BCUT2D eigenvalue weighted by molar-refractivity contribution is 5.19. The zero-order chi connectivity index (χ0) is 21.7. The second kappa shape index (κ2) is 10.4. The molecule has 3 nitrogen and oxygen atoms in total. The number of nitrogens with zero attached hydrogens (tertiary/aromatic N) is 1. The molecule has 1 fully saturated rings. The van der Waals surface area contributed by atoms with Crippen LogP contribution in [0.15, 0.2) is 36.4 Å². The quantitative estimate of drug-likeness (QED) is 0.597. The van der Waals surface area contributed by atoms with Gasteiger partial charge in [-0.1, -0.05) is 0 Å². The van der Waals surface area contributed by atoms with Gasteiger partial charge in [-0.2, -0.15) is 0 Å². The summed E-state index contributed by atoms with van der Waals surface area (Å²) in [6.07, 6.45) is 3.10. The third-order valence-corrected chi connectivity index (χ3v) is 5.78. The molecule has 0 amide bonds. The first-order valence-corrected chi connectivity index (χ1v) is 10.3. The predicted molar refractivity (Wildman–Crippen MR) is 106 cm³/mol. The van der Waals surface area contributed by atoms with E-state index >= 15 is 0 Å². The summed E-state index contributed by atoms with van der Waals surface area (Å²) in [7, 11) is 0. The zero-order valence-electron chi connectivity index (χ0n) is 16.7. The van der Waals surface area contributed by atoms with Crippen molar-refractivity contribution in [1.29, 1.82) is 0 Å². The van der Waals surface area contributed by atoms with Crippen LogP contribution in [0, 0.1) is 23.3 Å². The van der Waals surface area contributed by atoms with Crippen LogP contribution in [0.1, 0.15) is 36.8 Å². The molecule has 2 N–H and O–H groups in total. The molecule has 7 heteroatoms. The van der Waals surface area contributed by atoms with Crippen molar-refractivity contribution >= 4 is 0 Å². The van der Waals surface area contributed by atoms with E-state index in [-0.39, 0.29) is 25.2 Å². The zero-order valence-corrected chi connectivity index (χ0v) is 16.7. The predicted octanol–water partition coefficient (Wildman–Crippen LogP) is 3.99. The first kappa shape index (κ1) is 22.7. The second-order valence-electron chi connectivity index (χ2n) is 8.05. The van der Waals surface area contributed by atoms with Gasteiger partial charge in [-0.05, 0) is 73.9 Å². The number of rotatable bonds is 9. The molecule has 0 saturated carbocycles. The number of aliphatic hydroxyl groups excluding tert-OH is 2. The first-order chi connectivity index (χ1) is 14.3. The van der Waals surface area contributed by atoms with Gasteiger partial charge in [-0.25, -0.2) is 17.6 Å². The summed E-state index contributed by atoms with van der Waals surface area (Å²) in [6, 6.07) is 7.14. The monoisotopic (exact) mass is 425 g/mol. The number of aryl methyl sites for hydroxylation is 2. The van der Waals surface area contributed by atoms with Gasteiger partial charge in [0.25, 0.3) is 0 Å². The van der Waals surface area contributed by atoms with Crippen LogP contribution < -0.4 is 0 Å². The van der Waals surface area contributed by atoms with Crippen LogP contribution in [0.3, 0.4) is 0 Å². The minimum atomic E-state index is -0.897. The lowest BCUT2D eigenvalue weighted by Crippen LogP contribution is -2.42. The maximum absolute atomic E-state index is 13.4. The Morgan fingerprint density at radius 3 is 1.53 bits per heavy atom. The fourth-order valence-corrected chi connectivity index (χ4v) is 4.41. The van der Waals surface area contributed by atoms with E-state index < -0.39 is 29.4 Å². The molecule has 2 aromatic carbocycles. The van der Waals surface area contributed by atoms with Crippen LogP contribution >= 0.6 is 0 Å². The van der Waals surface area contributed by atoms with Crippen LogP contribution in [-0.4, -0.2) is 46.5 Å². The number of benzene rings is 2. The highest BCUT2D eigenvalue weighted by atomic mass is 19.1. The van der Waals surface area contributed by atoms with Crippen LogP contribution in [0.4, 0.5) is 17.6 Å². The third-order valence-electron chi connectivity index (χ3n) is 5.78. The molecule has 2 unspecified atom stereocenters. The summed E-state index contributed by atoms with van der Waals surface area (Å²) < 4.78 is 53.8. The van der Waals surface area contributed by atoms with Gasteiger partial charge < -0.3 is 10.2 Å². The van der Waals surface area contributed by atoms with Crippen LogP contribution in [0.25, 0.3) is 0 Å². The van der Waals surface area contributed by atoms with Gasteiger partial charge in [-0.3, -0.25) is 4.90 Å². The molecule has 0 radical (unpaired) electrons. The van der Waals surface area contributed by atoms with Crippen molar-refractivity contribution in [3.8, 4) is 0 Å². The van der Waals surface area contributed by atoms with Gasteiger partial charge in [0, 0.05) is 30.8 Å². The van der Waals surface area contributed by atoms with E-state index in [2.05, 4.69) is 4.90 Å². The van der Waals surface area contributed by atoms with Gasteiger partial charge in [0.1, 0.15) is 23.3 Å². The molecule has 1 aliphatic rings. The lowest BCUT2D eigenvalue weighted by molar-refractivity contribution is 0.0393. The van der Waals surface area contributed by atoms with Gasteiger partial charge in [0.05, 0.1) is 12.7 Å². The van der Waals surface area contributed by atoms with Crippen molar-refractivity contribution in [3.05, 3.63) is 70.8 Å². The van der Waals surface area contributed by atoms with Gasteiger partial charge in [0.2, 0.25) is 0 Å². The Kier molecular flexibility index (Phi) is 7.86. The van der Waals surface area contributed by atoms with Gasteiger partial charge in [0.15, 0.2) is 0 Å². The van der Waals surface area contributed by atoms with Crippen molar-refractivity contribution < 1.29 is 27.8 Å². The largest absolute Gasteiger partial charge is 0.394 e. The molecule has 1 aliphatic heterocycles. The fraction of sp³-hybridized carbons (Fsp3) is 0.478. The third kappa shape index (κ3) is 6.27. The fourth-order valence-electron chi connectivity index (χ4n) is 4.41. The van der Waals surface area contributed by atoms with E-state index in [4.69, 9.17) is 0 Å². The summed E-state index contributed by atoms with van der Waals surface area (Å²) in [5, 5.41) is 19.2. The van der Waals surface area contributed by atoms with Gasteiger partial charge in [-0.15, -0.1) is 0 Å². The van der Waals surface area contributed by atoms with Crippen LogP contribution in [0.5, 0.6) is 0 Å². The normalized spacial score (nSPS) is 20.6. The summed E-state index contributed by atoms with van der Waals surface area (Å²) in [5.74, 6) is -2.43. The van der Waals surface area contributed by atoms with E-state index in [0.717, 1.165) is 25.0 Å². The SMILES string of the molecule is OC[C@H](O)CN1C(CCc2cc(F)cc(F)c2)CCC1CCc1cc(F)cc(F)c1. The number of β-amino-alcohol motifs (C(OH)–C–C–N with tert-alkyl or cyclic N) is 1. The van der Waals surface area contributed by atoms with Crippen molar-refractivity contribution in [2.75, 3.05) is 13.2 Å². The van der Waals surface area contributed by atoms with Crippen LogP contribution in [-0.2, 0) is 12.8 Å². The first-order valence-electron chi connectivity index (χ1n) is 10.3. The molecule has 0 spiro atoms. The van der Waals surface area contributed by atoms with Crippen molar-refractivity contribution in [2.45, 2.75) is 56.7 Å². The molecular weight excluding hydrogens is 398 g/mol. The molecular formula is C23H27F4NO2. The molecule has 0 aliphatic carbocycles. The average Bonchev–Trinajstić information content (AvgIpc) is 3.04. The number of hydrogen-bond donors (Lipinski definition) is 2.